The molecule has 0 spiro atoms. The van der Waals surface area contributed by atoms with Gasteiger partial charge in [-0.05, 0) is 29.3 Å². The van der Waals surface area contributed by atoms with Crippen LogP contribution in [0.25, 0.3) is 10.8 Å². The number of nitrogens with zero attached hydrogens (tertiary/aromatic N) is 2. The summed E-state index contributed by atoms with van der Waals surface area (Å²) in [6, 6.07) is 15.1. The summed E-state index contributed by atoms with van der Waals surface area (Å²) in [4.78, 5) is 35.6. The Morgan fingerprint density at radius 1 is 1.08 bits per heavy atom. The lowest BCUT2D eigenvalue weighted by Crippen LogP contribution is -2.40. The molecule has 0 fully saturated rings. The number of fused-ring (bicyclic) bond motifs is 1. The number of rotatable bonds is 4. The van der Waals surface area contributed by atoms with Crippen LogP contribution in [0.15, 0.2) is 64.3 Å². The van der Waals surface area contributed by atoms with E-state index in [1.165, 1.54) is 23.9 Å². The fourth-order valence-corrected chi connectivity index (χ4v) is 2.74. The van der Waals surface area contributed by atoms with Crippen molar-refractivity contribution >= 4 is 16.7 Å². The molecule has 6 heteroatoms. The minimum Gasteiger partial charge on any atom is -0.348 e. The van der Waals surface area contributed by atoms with Gasteiger partial charge < -0.3 is 5.32 Å². The Morgan fingerprint density at radius 2 is 1.80 bits per heavy atom. The first-order valence-corrected chi connectivity index (χ1v) is 8.00. The Bertz CT molecular complexity index is 1050. The van der Waals surface area contributed by atoms with Crippen molar-refractivity contribution in [1.82, 2.24) is 14.5 Å². The Labute approximate surface area is 144 Å². The molecule has 0 aliphatic rings. The third kappa shape index (κ3) is 3.52. The van der Waals surface area contributed by atoms with Gasteiger partial charge in [-0.1, -0.05) is 36.4 Å². The van der Waals surface area contributed by atoms with Crippen molar-refractivity contribution in [3.05, 3.63) is 81.1 Å². The summed E-state index contributed by atoms with van der Waals surface area (Å²) in [6.45, 7) is 1.76. The maximum absolute atomic E-state index is 12.3. The van der Waals surface area contributed by atoms with E-state index in [-0.39, 0.29) is 18.5 Å². The molecule has 1 unspecified atom stereocenters. The highest BCUT2D eigenvalue weighted by molar-refractivity contribution is 5.83. The molecule has 1 N–H and O–H groups in total. The van der Waals surface area contributed by atoms with E-state index in [0.717, 1.165) is 20.9 Å². The molecular formula is C19H19N3O3. The van der Waals surface area contributed by atoms with E-state index >= 15 is 0 Å². The molecule has 0 bridgehead atoms. The minimum absolute atomic E-state index is 0.134. The van der Waals surface area contributed by atoms with Gasteiger partial charge in [0.05, 0.1) is 6.04 Å². The Balaban J connectivity index is 1.74. The molecule has 1 aromatic heterocycles. The summed E-state index contributed by atoms with van der Waals surface area (Å²) >= 11 is 0. The number of carbonyl (C=O) groups excluding carboxylic acids is 1. The van der Waals surface area contributed by atoms with Crippen LogP contribution < -0.4 is 16.6 Å². The largest absolute Gasteiger partial charge is 0.348 e. The SMILES string of the molecule is CC(NC(=O)Cn1ccc(=O)n(C)c1=O)c1ccc2ccccc2c1. The third-order valence-corrected chi connectivity index (χ3v) is 4.23. The summed E-state index contributed by atoms with van der Waals surface area (Å²) in [5.41, 5.74) is 0.0760. The molecule has 3 aromatic rings. The maximum Gasteiger partial charge on any atom is 0.331 e. The molecule has 6 nitrogen and oxygen atoms in total. The number of aromatic nitrogens is 2. The van der Waals surface area contributed by atoms with Crippen LogP contribution in [0, 0.1) is 0 Å². The summed E-state index contributed by atoms with van der Waals surface area (Å²) in [6.07, 6.45) is 1.34. The van der Waals surface area contributed by atoms with E-state index in [4.69, 9.17) is 0 Å². The molecule has 0 radical (unpaired) electrons. The van der Waals surface area contributed by atoms with Gasteiger partial charge in [0.2, 0.25) is 5.91 Å². The van der Waals surface area contributed by atoms with Gasteiger partial charge >= 0.3 is 5.69 Å². The van der Waals surface area contributed by atoms with Crippen molar-refractivity contribution in [3.63, 3.8) is 0 Å². The van der Waals surface area contributed by atoms with Crippen molar-refractivity contribution in [2.45, 2.75) is 19.5 Å². The smallest absolute Gasteiger partial charge is 0.331 e. The number of hydrogen-bond donors (Lipinski definition) is 1. The zero-order valence-corrected chi connectivity index (χ0v) is 14.1. The average Bonchev–Trinajstić information content (AvgIpc) is 2.61. The van der Waals surface area contributed by atoms with E-state index in [0.29, 0.717) is 0 Å². The first kappa shape index (κ1) is 16.7. The maximum atomic E-state index is 12.3. The highest BCUT2D eigenvalue weighted by atomic mass is 16.2. The molecule has 0 aliphatic carbocycles. The second kappa shape index (κ2) is 6.76. The molecule has 3 rings (SSSR count). The molecule has 0 saturated carbocycles. The molecular weight excluding hydrogens is 318 g/mol. The average molecular weight is 337 g/mol. The number of benzene rings is 2. The van der Waals surface area contributed by atoms with Crippen molar-refractivity contribution in [2.24, 2.45) is 7.05 Å². The first-order chi connectivity index (χ1) is 12.0. The molecule has 1 amide bonds. The fraction of sp³-hybridized carbons (Fsp3) is 0.211. The zero-order valence-electron chi connectivity index (χ0n) is 14.1. The van der Waals surface area contributed by atoms with Gasteiger partial charge in [0, 0.05) is 19.3 Å². The second-order valence-corrected chi connectivity index (χ2v) is 6.02. The van der Waals surface area contributed by atoms with Crippen LogP contribution in [0.4, 0.5) is 0 Å². The lowest BCUT2D eigenvalue weighted by Gasteiger charge is -2.16. The van der Waals surface area contributed by atoms with Crippen LogP contribution in [-0.2, 0) is 18.4 Å². The third-order valence-electron chi connectivity index (χ3n) is 4.23. The summed E-state index contributed by atoms with van der Waals surface area (Å²) in [5, 5.41) is 5.13. The van der Waals surface area contributed by atoms with Gasteiger partial charge in [-0.3, -0.25) is 18.7 Å². The normalized spacial score (nSPS) is 12.1. The van der Waals surface area contributed by atoms with Crippen LogP contribution in [-0.4, -0.2) is 15.0 Å². The van der Waals surface area contributed by atoms with E-state index in [9.17, 15) is 14.4 Å². The van der Waals surface area contributed by atoms with Gasteiger partial charge in [0.1, 0.15) is 6.54 Å². The highest BCUT2D eigenvalue weighted by Crippen LogP contribution is 2.20. The molecule has 0 saturated heterocycles. The molecule has 25 heavy (non-hydrogen) atoms. The van der Waals surface area contributed by atoms with Crippen LogP contribution >= 0.6 is 0 Å². The van der Waals surface area contributed by atoms with E-state index in [1.807, 2.05) is 49.4 Å². The summed E-state index contributed by atoms with van der Waals surface area (Å²) in [7, 11) is 1.39. The second-order valence-electron chi connectivity index (χ2n) is 6.02. The zero-order chi connectivity index (χ0) is 18.0. The fourth-order valence-electron chi connectivity index (χ4n) is 2.74. The van der Waals surface area contributed by atoms with Gasteiger partial charge in [-0.25, -0.2) is 4.79 Å². The van der Waals surface area contributed by atoms with Gasteiger partial charge in [0.25, 0.3) is 5.56 Å². The van der Waals surface area contributed by atoms with Crippen molar-refractivity contribution in [2.75, 3.05) is 0 Å². The molecule has 1 atom stereocenters. The van der Waals surface area contributed by atoms with Crippen LogP contribution in [0.2, 0.25) is 0 Å². The van der Waals surface area contributed by atoms with Crippen molar-refractivity contribution in [1.29, 1.82) is 0 Å². The lowest BCUT2D eigenvalue weighted by molar-refractivity contribution is -0.122. The standard InChI is InChI=1S/C19H19N3O3/c1-13(15-8-7-14-5-3-4-6-16(14)11-15)20-17(23)12-22-10-9-18(24)21(2)19(22)25/h3-11,13H,12H2,1-2H3,(H,20,23). The Hall–Kier alpha value is -3.15. The molecule has 2 aromatic carbocycles. The van der Waals surface area contributed by atoms with Gasteiger partial charge in [0.15, 0.2) is 0 Å². The van der Waals surface area contributed by atoms with Gasteiger partial charge in [-0.15, -0.1) is 0 Å². The minimum atomic E-state index is -0.513. The quantitative estimate of drug-likeness (QED) is 0.785. The number of carbonyl (C=O) groups is 1. The molecule has 1 heterocycles. The Kier molecular flexibility index (Phi) is 4.52. The van der Waals surface area contributed by atoms with E-state index in [2.05, 4.69) is 5.32 Å². The van der Waals surface area contributed by atoms with Gasteiger partial charge in [-0.2, -0.15) is 0 Å². The van der Waals surface area contributed by atoms with Crippen molar-refractivity contribution < 1.29 is 4.79 Å². The molecule has 128 valence electrons. The highest BCUT2D eigenvalue weighted by Gasteiger charge is 2.12. The monoisotopic (exact) mass is 337 g/mol. The number of amides is 1. The predicted molar refractivity (Wildman–Crippen MR) is 96.4 cm³/mol. The van der Waals surface area contributed by atoms with Crippen LogP contribution in [0.1, 0.15) is 18.5 Å². The number of nitrogens with one attached hydrogen (secondary N) is 1. The molecule has 0 aliphatic heterocycles. The van der Waals surface area contributed by atoms with Crippen LogP contribution in [0.3, 0.4) is 0 Å². The first-order valence-electron chi connectivity index (χ1n) is 8.00. The lowest BCUT2D eigenvalue weighted by atomic mass is 10.0. The van der Waals surface area contributed by atoms with E-state index < -0.39 is 11.2 Å². The summed E-state index contributed by atoms with van der Waals surface area (Å²) in [5.74, 6) is -0.290. The van der Waals surface area contributed by atoms with Crippen LogP contribution in [0.5, 0.6) is 0 Å². The topological polar surface area (TPSA) is 73.1 Å². The number of hydrogen-bond acceptors (Lipinski definition) is 3. The van der Waals surface area contributed by atoms with E-state index in [1.54, 1.807) is 0 Å². The summed E-state index contributed by atoms with van der Waals surface area (Å²) < 4.78 is 2.18. The predicted octanol–water partition coefficient (Wildman–Crippen LogP) is 1.58. The van der Waals surface area contributed by atoms with Crippen molar-refractivity contribution in [3.8, 4) is 0 Å². The Morgan fingerprint density at radius 3 is 2.56 bits per heavy atom.